The molecule has 1 aliphatic rings. The molecule has 0 aromatic carbocycles. The molecule has 3 nitrogen and oxygen atoms in total. The highest BCUT2D eigenvalue weighted by atomic mass is 32.2. The van der Waals surface area contributed by atoms with Gasteiger partial charge in [-0.05, 0) is 31.8 Å². The van der Waals surface area contributed by atoms with E-state index in [9.17, 15) is 4.79 Å². The van der Waals surface area contributed by atoms with Crippen LogP contribution in [0.5, 0.6) is 0 Å². The number of amides is 1. The Kier molecular flexibility index (Phi) is 7.34. The molecule has 2 N–H and O–H groups in total. The average molecular weight is 242 g/mol. The third-order valence-electron chi connectivity index (χ3n) is 2.68. The Labute approximate surface area is 102 Å². The molecule has 1 saturated heterocycles. The van der Waals surface area contributed by atoms with Crippen molar-refractivity contribution in [1.29, 1.82) is 0 Å². The highest BCUT2D eigenvalue weighted by molar-refractivity contribution is 7.99. The van der Waals surface area contributed by atoms with Crippen LogP contribution < -0.4 is 10.6 Å². The maximum atomic E-state index is 11.6. The first-order valence-electron chi connectivity index (χ1n) is 5.99. The second kappa shape index (κ2) is 8.65. The molecule has 0 aromatic heterocycles. The fraction of sp³-hybridized carbons (Fsp3) is 0.750. The van der Waals surface area contributed by atoms with E-state index in [1.807, 2.05) is 6.08 Å². The third-order valence-corrected chi connectivity index (χ3v) is 3.64. The Bertz CT molecular complexity index is 215. The second-order valence-corrected chi connectivity index (χ2v) is 5.28. The van der Waals surface area contributed by atoms with Gasteiger partial charge in [-0.1, -0.05) is 6.08 Å². The minimum atomic E-state index is 0.202. The zero-order chi connectivity index (χ0) is 11.6. The van der Waals surface area contributed by atoms with E-state index in [1.165, 1.54) is 12.8 Å². The molecule has 1 rings (SSSR count). The summed E-state index contributed by atoms with van der Waals surface area (Å²) in [6.45, 7) is 6.54. The monoisotopic (exact) mass is 242 g/mol. The topological polar surface area (TPSA) is 41.1 Å². The molecule has 0 aliphatic carbocycles. The molecule has 1 atom stereocenters. The fourth-order valence-electron chi connectivity index (χ4n) is 1.86. The van der Waals surface area contributed by atoms with E-state index in [4.69, 9.17) is 0 Å². The molecule has 92 valence electrons. The summed E-state index contributed by atoms with van der Waals surface area (Å²) in [7, 11) is 0. The van der Waals surface area contributed by atoms with Gasteiger partial charge < -0.3 is 10.6 Å². The molecule has 16 heavy (non-hydrogen) atoms. The van der Waals surface area contributed by atoms with Gasteiger partial charge in [-0.3, -0.25) is 4.79 Å². The summed E-state index contributed by atoms with van der Waals surface area (Å²) in [5.41, 5.74) is 0. The highest BCUT2D eigenvalue weighted by Crippen LogP contribution is 2.13. The van der Waals surface area contributed by atoms with Gasteiger partial charge in [-0.15, -0.1) is 6.58 Å². The molecule has 0 radical (unpaired) electrons. The van der Waals surface area contributed by atoms with E-state index in [-0.39, 0.29) is 5.91 Å². The Morgan fingerprint density at radius 3 is 3.19 bits per heavy atom. The van der Waals surface area contributed by atoms with Gasteiger partial charge in [0.25, 0.3) is 0 Å². The first-order chi connectivity index (χ1) is 7.83. The standard InChI is InChI=1S/C12H22N2OS/c1-2-7-16-8-6-14-12(15)9-11-4-3-5-13-10-11/h2,11,13H,1,3-10H2,(H,14,15). The first kappa shape index (κ1) is 13.6. The fourth-order valence-corrected chi connectivity index (χ4v) is 2.44. The number of hydrogen-bond donors (Lipinski definition) is 2. The molecule has 0 bridgehead atoms. The molecule has 1 amide bonds. The number of nitrogens with one attached hydrogen (secondary N) is 2. The van der Waals surface area contributed by atoms with Crippen molar-refractivity contribution in [2.75, 3.05) is 31.1 Å². The van der Waals surface area contributed by atoms with Gasteiger partial charge in [0.05, 0.1) is 0 Å². The van der Waals surface area contributed by atoms with Gasteiger partial charge in [0.15, 0.2) is 0 Å². The normalized spacial score (nSPS) is 20.4. The molecule has 0 saturated carbocycles. The van der Waals surface area contributed by atoms with E-state index in [0.717, 1.165) is 31.1 Å². The van der Waals surface area contributed by atoms with E-state index in [0.29, 0.717) is 12.3 Å². The molecule has 0 spiro atoms. The van der Waals surface area contributed by atoms with E-state index in [1.54, 1.807) is 11.8 Å². The summed E-state index contributed by atoms with van der Waals surface area (Å²) in [5, 5.41) is 6.30. The summed E-state index contributed by atoms with van der Waals surface area (Å²) in [6, 6.07) is 0. The molecule has 1 unspecified atom stereocenters. The van der Waals surface area contributed by atoms with Crippen molar-refractivity contribution in [2.24, 2.45) is 5.92 Å². The van der Waals surface area contributed by atoms with Crippen LogP contribution >= 0.6 is 11.8 Å². The summed E-state index contributed by atoms with van der Waals surface area (Å²) >= 11 is 1.80. The number of piperidine rings is 1. The van der Waals surface area contributed by atoms with Crippen LogP contribution in [0.4, 0.5) is 0 Å². The Balaban J connectivity index is 1.99. The molecular formula is C12H22N2OS. The van der Waals surface area contributed by atoms with Crippen LogP contribution in [0.2, 0.25) is 0 Å². The average Bonchev–Trinajstić information content (AvgIpc) is 2.30. The summed E-state index contributed by atoms with van der Waals surface area (Å²) < 4.78 is 0. The minimum Gasteiger partial charge on any atom is -0.355 e. The number of hydrogen-bond acceptors (Lipinski definition) is 3. The quantitative estimate of drug-likeness (QED) is 0.524. The van der Waals surface area contributed by atoms with Gasteiger partial charge in [-0.2, -0.15) is 11.8 Å². The van der Waals surface area contributed by atoms with Crippen LogP contribution in [0.3, 0.4) is 0 Å². The lowest BCUT2D eigenvalue weighted by atomic mass is 9.96. The van der Waals surface area contributed by atoms with Crippen molar-refractivity contribution in [3.63, 3.8) is 0 Å². The lowest BCUT2D eigenvalue weighted by molar-refractivity contribution is -0.122. The third kappa shape index (κ3) is 6.18. The van der Waals surface area contributed by atoms with Gasteiger partial charge in [0, 0.05) is 24.5 Å². The summed E-state index contributed by atoms with van der Waals surface area (Å²) in [6.07, 6.45) is 4.96. The van der Waals surface area contributed by atoms with Crippen molar-refractivity contribution in [1.82, 2.24) is 10.6 Å². The predicted molar refractivity (Wildman–Crippen MR) is 70.7 cm³/mol. The van der Waals surface area contributed by atoms with Crippen LogP contribution in [0, 0.1) is 5.92 Å². The van der Waals surface area contributed by atoms with Gasteiger partial charge in [0.2, 0.25) is 5.91 Å². The zero-order valence-electron chi connectivity index (χ0n) is 9.84. The molecular weight excluding hydrogens is 220 g/mol. The largest absolute Gasteiger partial charge is 0.355 e. The van der Waals surface area contributed by atoms with Crippen molar-refractivity contribution < 1.29 is 4.79 Å². The maximum Gasteiger partial charge on any atom is 0.220 e. The van der Waals surface area contributed by atoms with E-state index < -0.39 is 0 Å². The van der Waals surface area contributed by atoms with E-state index >= 15 is 0 Å². The van der Waals surface area contributed by atoms with Crippen LogP contribution in [-0.4, -0.2) is 37.0 Å². The number of thioether (sulfide) groups is 1. The van der Waals surface area contributed by atoms with Crippen molar-refractivity contribution in [2.45, 2.75) is 19.3 Å². The van der Waals surface area contributed by atoms with Crippen molar-refractivity contribution >= 4 is 17.7 Å². The molecule has 1 heterocycles. The molecule has 0 aromatic rings. The predicted octanol–water partition coefficient (Wildman–Crippen LogP) is 1.41. The SMILES string of the molecule is C=CCSCCNC(=O)CC1CCCNC1. The summed E-state index contributed by atoms with van der Waals surface area (Å²) in [5.74, 6) is 2.67. The number of carbonyl (C=O) groups excluding carboxylic acids is 1. The molecule has 1 fully saturated rings. The zero-order valence-corrected chi connectivity index (χ0v) is 10.7. The van der Waals surface area contributed by atoms with Crippen molar-refractivity contribution in [3.05, 3.63) is 12.7 Å². The molecule has 1 aliphatic heterocycles. The van der Waals surface area contributed by atoms with Crippen molar-refractivity contribution in [3.8, 4) is 0 Å². The van der Waals surface area contributed by atoms with E-state index in [2.05, 4.69) is 17.2 Å². The minimum absolute atomic E-state index is 0.202. The van der Waals surface area contributed by atoms with Gasteiger partial charge >= 0.3 is 0 Å². The Morgan fingerprint density at radius 1 is 1.62 bits per heavy atom. The van der Waals surface area contributed by atoms with Crippen LogP contribution in [0.1, 0.15) is 19.3 Å². The Morgan fingerprint density at radius 2 is 2.50 bits per heavy atom. The van der Waals surface area contributed by atoms with Crippen LogP contribution in [0.25, 0.3) is 0 Å². The lowest BCUT2D eigenvalue weighted by Crippen LogP contribution is -2.34. The first-order valence-corrected chi connectivity index (χ1v) is 7.14. The smallest absolute Gasteiger partial charge is 0.220 e. The highest BCUT2D eigenvalue weighted by Gasteiger charge is 2.16. The maximum absolute atomic E-state index is 11.6. The van der Waals surface area contributed by atoms with Gasteiger partial charge in [0.1, 0.15) is 0 Å². The van der Waals surface area contributed by atoms with Crippen LogP contribution in [0.15, 0.2) is 12.7 Å². The van der Waals surface area contributed by atoms with Crippen LogP contribution in [-0.2, 0) is 4.79 Å². The second-order valence-electron chi connectivity index (χ2n) is 4.13. The molecule has 4 heteroatoms. The number of rotatable bonds is 7. The lowest BCUT2D eigenvalue weighted by Gasteiger charge is -2.22. The van der Waals surface area contributed by atoms with Gasteiger partial charge in [-0.25, -0.2) is 0 Å². The number of carbonyl (C=O) groups is 1. The Hall–Kier alpha value is -0.480. The summed E-state index contributed by atoms with van der Waals surface area (Å²) in [4.78, 5) is 11.6.